The van der Waals surface area contributed by atoms with Crippen molar-refractivity contribution in [1.29, 1.82) is 0 Å². The van der Waals surface area contributed by atoms with Crippen LogP contribution < -0.4 is 10.6 Å². The highest BCUT2D eigenvalue weighted by molar-refractivity contribution is 7.98. The summed E-state index contributed by atoms with van der Waals surface area (Å²) in [6.45, 7) is 5.35. The minimum Gasteiger partial charge on any atom is -0.444 e. The van der Waals surface area contributed by atoms with Crippen molar-refractivity contribution in [2.45, 2.75) is 38.8 Å². The zero-order chi connectivity index (χ0) is 19.2. The Balaban J connectivity index is 2.14. The Labute approximate surface area is 158 Å². The van der Waals surface area contributed by atoms with Crippen molar-refractivity contribution in [2.24, 2.45) is 0 Å². The molecule has 0 aliphatic heterocycles. The largest absolute Gasteiger partial charge is 0.444 e. The summed E-state index contributed by atoms with van der Waals surface area (Å²) in [6.07, 6.45) is 3.54. The van der Waals surface area contributed by atoms with Crippen molar-refractivity contribution in [3.63, 3.8) is 0 Å². The molecule has 7 heteroatoms. The van der Waals surface area contributed by atoms with Crippen LogP contribution >= 0.6 is 11.8 Å². The number of alkyl carbamates (subject to hydrolysis) is 1. The number of ether oxygens (including phenoxy) is 1. The number of anilines is 1. The Kier molecular flexibility index (Phi) is 6.85. The minimum absolute atomic E-state index is 0.289. The maximum atomic E-state index is 12.7. The van der Waals surface area contributed by atoms with Gasteiger partial charge in [0.1, 0.15) is 11.6 Å². The van der Waals surface area contributed by atoms with Crippen LogP contribution in [-0.4, -0.2) is 40.6 Å². The Morgan fingerprint density at radius 3 is 2.65 bits per heavy atom. The molecule has 1 heterocycles. The van der Waals surface area contributed by atoms with Crippen molar-refractivity contribution < 1.29 is 14.3 Å². The monoisotopic (exact) mass is 375 g/mol. The van der Waals surface area contributed by atoms with Crippen molar-refractivity contribution in [3.8, 4) is 0 Å². The van der Waals surface area contributed by atoms with Crippen LogP contribution in [0.4, 0.5) is 10.5 Å². The number of nitrogens with one attached hydrogen (secondary N) is 2. The molecule has 2 amide bonds. The van der Waals surface area contributed by atoms with Crippen LogP contribution in [0.5, 0.6) is 0 Å². The van der Waals surface area contributed by atoms with E-state index in [1.54, 1.807) is 44.8 Å². The Bertz CT molecular complexity index is 769. The van der Waals surface area contributed by atoms with E-state index < -0.39 is 17.7 Å². The van der Waals surface area contributed by atoms with E-state index in [1.807, 2.05) is 30.5 Å². The standard InChI is InChI=1S/C19H25N3O3S/c1-19(2,3)25-18(24)22-15(10-12-26-4)17(23)21-14-9-5-7-13-8-6-11-20-16(13)14/h5-9,11,15H,10,12H2,1-4H3,(H,21,23)(H,22,24)/t15-/m0/s1. The van der Waals surface area contributed by atoms with Crippen molar-refractivity contribution >= 4 is 40.4 Å². The Morgan fingerprint density at radius 1 is 1.23 bits per heavy atom. The van der Waals surface area contributed by atoms with E-state index in [2.05, 4.69) is 15.6 Å². The molecule has 0 fully saturated rings. The molecule has 0 radical (unpaired) electrons. The average molecular weight is 375 g/mol. The summed E-state index contributed by atoms with van der Waals surface area (Å²) < 4.78 is 5.27. The van der Waals surface area contributed by atoms with Gasteiger partial charge in [-0.05, 0) is 51.3 Å². The summed E-state index contributed by atoms with van der Waals surface area (Å²) in [5.41, 5.74) is 0.710. The number of amides is 2. The summed E-state index contributed by atoms with van der Waals surface area (Å²) in [5.74, 6) is 0.449. The van der Waals surface area contributed by atoms with E-state index in [1.165, 1.54) is 0 Å². The predicted molar refractivity (Wildman–Crippen MR) is 107 cm³/mol. The smallest absolute Gasteiger partial charge is 0.408 e. The Hall–Kier alpha value is -2.28. The van der Waals surface area contributed by atoms with Crippen LogP contribution in [0.3, 0.4) is 0 Å². The van der Waals surface area contributed by atoms with Gasteiger partial charge in [0.15, 0.2) is 0 Å². The first kappa shape index (κ1) is 20.0. The molecular weight excluding hydrogens is 350 g/mol. The second kappa shape index (κ2) is 8.89. The van der Waals surface area contributed by atoms with E-state index in [9.17, 15) is 9.59 Å². The molecule has 0 bridgehead atoms. The van der Waals surface area contributed by atoms with E-state index in [-0.39, 0.29) is 5.91 Å². The molecule has 2 rings (SSSR count). The molecule has 1 atom stereocenters. The quantitative estimate of drug-likeness (QED) is 0.802. The molecule has 2 aromatic rings. The molecule has 1 aromatic heterocycles. The fourth-order valence-corrected chi connectivity index (χ4v) is 2.85. The number of para-hydroxylation sites is 1. The molecule has 0 spiro atoms. The van der Waals surface area contributed by atoms with Crippen LogP contribution in [0, 0.1) is 0 Å². The number of aromatic nitrogens is 1. The van der Waals surface area contributed by atoms with E-state index in [0.717, 1.165) is 11.1 Å². The molecule has 1 aromatic carbocycles. The van der Waals surface area contributed by atoms with Gasteiger partial charge in [-0.25, -0.2) is 4.79 Å². The number of nitrogens with zero attached hydrogens (tertiary/aromatic N) is 1. The lowest BCUT2D eigenvalue weighted by molar-refractivity contribution is -0.118. The third kappa shape index (κ3) is 5.91. The van der Waals surface area contributed by atoms with Gasteiger partial charge in [-0.3, -0.25) is 9.78 Å². The first-order valence-electron chi connectivity index (χ1n) is 8.43. The van der Waals surface area contributed by atoms with Gasteiger partial charge in [0.25, 0.3) is 0 Å². The number of carbonyl (C=O) groups excluding carboxylic acids is 2. The number of hydrogen-bond acceptors (Lipinski definition) is 5. The normalized spacial score (nSPS) is 12.5. The van der Waals surface area contributed by atoms with Gasteiger partial charge in [0.2, 0.25) is 5.91 Å². The number of pyridine rings is 1. The fraction of sp³-hybridized carbons (Fsp3) is 0.421. The van der Waals surface area contributed by atoms with E-state index in [4.69, 9.17) is 4.74 Å². The Morgan fingerprint density at radius 2 is 1.96 bits per heavy atom. The molecule has 0 saturated carbocycles. The topological polar surface area (TPSA) is 80.3 Å². The lowest BCUT2D eigenvalue weighted by Crippen LogP contribution is -2.46. The second-order valence-corrected chi connectivity index (χ2v) is 7.84. The van der Waals surface area contributed by atoms with Crippen LogP contribution in [0.25, 0.3) is 10.9 Å². The minimum atomic E-state index is -0.684. The van der Waals surface area contributed by atoms with Crippen LogP contribution in [-0.2, 0) is 9.53 Å². The van der Waals surface area contributed by atoms with Gasteiger partial charge >= 0.3 is 6.09 Å². The van der Waals surface area contributed by atoms with Gasteiger partial charge in [0.05, 0.1) is 11.2 Å². The van der Waals surface area contributed by atoms with Crippen molar-refractivity contribution in [2.75, 3.05) is 17.3 Å². The van der Waals surface area contributed by atoms with Gasteiger partial charge in [-0.2, -0.15) is 11.8 Å². The summed E-state index contributed by atoms with van der Waals surface area (Å²) in [5, 5.41) is 6.49. The van der Waals surface area contributed by atoms with Gasteiger partial charge in [-0.15, -0.1) is 0 Å². The average Bonchev–Trinajstić information content (AvgIpc) is 2.57. The van der Waals surface area contributed by atoms with Crippen molar-refractivity contribution in [1.82, 2.24) is 10.3 Å². The van der Waals surface area contributed by atoms with Gasteiger partial charge in [0, 0.05) is 11.6 Å². The molecule has 26 heavy (non-hydrogen) atoms. The second-order valence-electron chi connectivity index (χ2n) is 6.85. The van der Waals surface area contributed by atoms with Crippen LogP contribution in [0.1, 0.15) is 27.2 Å². The summed E-state index contributed by atoms with van der Waals surface area (Å²) >= 11 is 1.61. The van der Waals surface area contributed by atoms with Crippen molar-refractivity contribution in [3.05, 3.63) is 36.5 Å². The zero-order valence-corrected chi connectivity index (χ0v) is 16.4. The molecule has 0 aliphatic carbocycles. The van der Waals surface area contributed by atoms with Crippen LogP contribution in [0.2, 0.25) is 0 Å². The summed E-state index contributed by atoms with van der Waals surface area (Å²) in [6, 6.07) is 8.68. The first-order chi connectivity index (χ1) is 12.3. The molecule has 0 aliphatic rings. The highest BCUT2D eigenvalue weighted by Gasteiger charge is 2.24. The molecule has 0 unspecified atom stereocenters. The molecule has 2 N–H and O–H groups in total. The summed E-state index contributed by atoms with van der Waals surface area (Å²) in [7, 11) is 0. The SMILES string of the molecule is CSCC[C@H](NC(=O)OC(C)(C)C)C(=O)Nc1cccc2cccnc12. The molecule has 0 saturated heterocycles. The highest BCUT2D eigenvalue weighted by atomic mass is 32.2. The maximum Gasteiger partial charge on any atom is 0.408 e. The number of hydrogen-bond donors (Lipinski definition) is 2. The summed E-state index contributed by atoms with van der Waals surface area (Å²) in [4.78, 5) is 29.1. The first-order valence-corrected chi connectivity index (χ1v) is 9.82. The molecular formula is C19H25N3O3S. The highest BCUT2D eigenvalue weighted by Crippen LogP contribution is 2.21. The fourth-order valence-electron chi connectivity index (χ4n) is 2.38. The number of rotatable bonds is 6. The van der Waals surface area contributed by atoms with Gasteiger partial charge in [-0.1, -0.05) is 18.2 Å². The number of thioether (sulfide) groups is 1. The third-order valence-electron chi connectivity index (χ3n) is 3.51. The zero-order valence-electron chi connectivity index (χ0n) is 15.5. The lowest BCUT2D eigenvalue weighted by Gasteiger charge is -2.23. The van der Waals surface area contributed by atoms with E-state index >= 15 is 0 Å². The molecule has 6 nitrogen and oxygen atoms in total. The number of benzene rings is 1. The lowest BCUT2D eigenvalue weighted by atomic mass is 10.1. The predicted octanol–water partition coefficient (Wildman–Crippen LogP) is 3.82. The van der Waals surface area contributed by atoms with Crippen LogP contribution in [0.15, 0.2) is 36.5 Å². The molecule has 140 valence electrons. The van der Waals surface area contributed by atoms with E-state index in [0.29, 0.717) is 17.6 Å². The maximum absolute atomic E-state index is 12.7. The number of carbonyl (C=O) groups is 2. The number of fused-ring (bicyclic) bond motifs is 1. The van der Waals surface area contributed by atoms with Gasteiger partial charge < -0.3 is 15.4 Å². The third-order valence-corrected chi connectivity index (χ3v) is 4.15.